The third kappa shape index (κ3) is 4.41. The fraction of sp³-hybridized carbons (Fsp3) is 0.286. The van der Waals surface area contributed by atoms with Crippen LogP contribution in [0.4, 0.5) is 22.8 Å². The van der Waals surface area contributed by atoms with Gasteiger partial charge in [0.1, 0.15) is 6.04 Å². The van der Waals surface area contributed by atoms with E-state index < -0.39 is 42.6 Å². The Morgan fingerprint density at radius 1 is 1.32 bits per heavy atom. The minimum Gasteiger partial charge on any atom is -0.481 e. The maximum atomic E-state index is 13.3. The molecule has 0 aromatic carbocycles. The van der Waals surface area contributed by atoms with Crippen LogP contribution in [0, 0.1) is 0 Å². The maximum absolute atomic E-state index is 13.3. The van der Waals surface area contributed by atoms with Crippen LogP contribution in [0.2, 0.25) is 0 Å². The van der Waals surface area contributed by atoms with Crippen LogP contribution in [0.15, 0.2) is 42.9 Å². The molecule has 10 nitrogen and oxygen atoms in total. The number of aliphatic hydroxyl groups excluding tert-OH is 1. The third-order valence-corrected chi connectivity index (χ3v) is 5.18. The molecule has 13 heteroatoms. The topological polar surface area (TPSA) is 127 Å². The fourth-order valence-electron chi connectivity index (χ4n) is 3.57. The van der Waals surface area contributed by atoms with Crippen LogP contribution in [-0.4, -0.2) is 56.8 Å². The van der Waals surface area contributed by atoms with E-state index in [0.717, 1.165) is 12.5 Å². The average Bonchev–Trinajstić information content (AvgIpc) is 3.17. The van der Waals surface area contributed by atoms with E-state index in [0.29, 0.717) is 28.1 Å². The SMILES string of the molecule is COc1cc(C(F)(F)F)cc(C2OC(=O)N(C(=O)NCc3cncc4cccnc34)C2CO)n1. The lowest BCUT2D eigenvalue weighted by atomic mass is 10.1. The van der Waals surface area contributed by atoms with E-state index in [9.17, 15) is 27.9 Å². The summed E-state index contributed by atoms with van der Waals surface area (Å²) < 4.78 is 49.8. The summed E-state index contributed by atoms with van der Waals surface area (Å²) in [5, 5.41) is 13.1. The summed E-state index contributed by atoms with van der Waals surface area (Å²) in [6.45, 7) is -0.830. The molecule has 0 radical (unpaired) electrons. The number of nitrogens with zero attached hydrogens (tertiary/aromatic N) is 4. The lowest BCUT2D eigenvalue weighted by Gasteiger charge is -2.22. The second-order valence-corrected chi connectivity index (χ2v) is 7.28. The van der Waals surface area contributed by atoms with Gasteiger partial charge in [-0.2, -0.15) is 13.2 Å². The number of cyclic esters (lactones) is 1. The van der Waals surface area contributed by atoms with E-state index in [2.05, 4.69) is 20.3 Å². The van der Waals surface area contributed by atoms with E-state index in [1.165, 1.54) is 6.20 Å². The first-order valence-corrected chi connectivity index (χ1v) is 9.92. The van der Waals surface area contributed by atoms with Crippen molar-refractivity contribution in [3.63, 3.8) is 0 Å². The van der Waals surface area contributed by atoms with Gasteiger partial charge >= 0.3 is 18.3 Å². The number of carbonyl (C=O) groups excluding carboxylic acids is 2. The number of aromatic nitrogens is 3. The second kappa shape index (κ2) is 9.09. The molecule has 4 rings (SSSR count). The van der Waals surface area contributed by atoms with Crippen molar-refractivity contribution >= 4 is 23.0 Å². The van der Waals surface area contributed by atoms with Crippen molar-refractivity contribution < 1.29 is 37.3 Å². The summed E-state index contributed by atoms with van der Waals surface area (Å²) in [7, 11) is 1.13. The lowest BCUT2D eigenvalue weighted by molar-refractivity contribution is -0.137. The number of aliphatic hydroxyl groups is 1. The Morgan fingerprint density at radius 3 is 2.82 bits per heavy atom. The molecule has 0 bridgehead atoms. The van der Waals surface area contributed by atoms with Crippen molar-refractivity contribution in [2.75, 3.05) is 13.7 Å². The number of urea groups is 1. The van der Waals surface area contributed by atoms with Gasteiger partial charge in [-0.25, -0.2) is 19.5 Å². The molecule has 1 aliphatic rings. The Hall–Kier alpha value is -4.00. The molecule has 34 heavy (non-hydrogen) atoms. The number of hydrogen-bond donors (Lipinski definition) is 2. The highest BCUT2D eigenvalue weighted by molar-refractivity contribution is 5.93. The van der Waals surface area contributed by atoms with Crippen LogP contribution in [0.5, 0.6) is 5.88 Å². The summed E-state index contributed by atoms with van der Waals surface area (Å²) in [4.78, 5) is 38.1. The molecule has 0 spiro atoms. The van der Waals surface area contributed by atoms with Gasteiger partial charge in [0.15, 0.2) is 6.10 Å². The highest BCUT2D eigenvalue weighted by Crippen LogP contribution is 2.37. The largest absolute Gasteiger partial charge is 0.481 e. The van der Waals surface area contributed by atoms with Crippen LogP contribution in [-0.2, 0) is 17.5 Å². The van der Waals surface area contributed by atoms with Gasteiger partial charge in [0.2, 0.25) is 5.88 Å². The van der Waals surface area contributed by atoms with E-state index in [1.54, 1.807) is 24.5 Å². The first-order chi connectivity index (χ1) is 16.2. The van der Waals surface area contributed by atoms with Gasteiger partial charge in [0.25, 0.3) is 0 Å². The van der Waals surface area contributed by atoms with E-state index in [4.69, 9.17) is 9.47 Å². The predicted molar refractivity (Wildman–Crippen MR) is 109 cm³/mol. The highest BCUT2D eigenvalue weighted by atomic mass is 19.4. The molecular formula is C21H18F3N5O5. The number of amides is 3. The van der Waals surface area contributed by atoms with Gasteiger partial charge in [-0.1, -0.05) is 0 Å². The lowest BCUT2D eigenvalue weighted by Crippen LogP contribution is -2.47. The number of rotatable bonds is 5. The van der Waals surface area contributed by atoms with Crippen LogP contribution >= 0.6 is 0 Å². The van der Waals surface area contributed by atoms with Gasteiger partial charge in [0.05, 0.1) is 30.5 Å². The molecule has 0 aliphatic carbocycles. The van der Waals surface area contributed by atoms with E-state index in [-0.39, 0.29) is 18.1 Å². The van der Waals surface area contributed by atoms with Crippen molar-refractivity contribution in [3.05, 3.63) is 59.7 Å². The van der Waals surface area contributed by atoms with Crippen molar-refractivity contribution in [3.8, 4) is 5.88 Å². The number of pyridine rings is 3. The zero-order valence-corrected chi connectivity index (χ0v) is 17.6. The van der Waals surface area contributed by atoms with Gasteiger partial charge < -0.3 is 19.9 Å². The van der Waals surface area contributed by atoms with Gasteiger partial charge in [0, 0.05) is 42.2 Å². The van der Waals surface area contributed by atoms with E-state index >= 15 is 0 Å². The maximum Gasteiger partial charge on any atom is 0.419 e. The van der Waals surface area contributed by atoms with Crippen LogP contribution in [0.3, 0.4) is 0 Å². The van der Waals surface area contributed by atoms with Crippen LogP contribution < -0.4 is 10.1 Å². The quantitative estimate of drug-likeness (QED) is 0.575. The number of methoxy groups -OCH3 is 1. The number of alkyl halides is 3. The average molecular weight is 477 g/mol. The van der Waals surface area contributed by atoms with Crippen LogP contribution in [0.25, 0.3) is 10.9 Å². The predicted octanol–water partition coefficient (Wildman–Crippen LogP) is 2.82. The summed E-state index contributed by atoms with van der Waals surface area (Å²) >= 11 is 0. The molecule has 3 aromatic heterocycles. The zero-order chi connectivity index (χ0) is 24.5. The first kappa shape index (κ1) is 23.2. The molecule has 1 fully saturated rings. The second-order valence-electron chi connectivity index (χ2n) is 7.28. The van der Waals surface area contributed by atoms with Crippen molar-refractivity contribution in [2.45, 2.75) is 24.9 Å². The number of hydrogen-bond acceptors (Lipinski definition) is 8. The number of ether oxygens (including phenoxy) is 2. The Kier molecular flexibility index (Phi) is 6.20. The standard InChI is InChI=1S/C21H18F3N5O5/c1-33-16-6-13(21(22,23)24)5-14(28-16)18-15(10-30)29(20(32)34-18)19(31)27-9-12-8-25-7-11-3-2-4-26-17(11)12/h2-8,15,18,30H,9-10H2,1H3,(H,27,31). The minimum atomic E-state index is -4.72. The normalized spacial score (nSPS) is 18.1. The molecule has 1 saturated heterocycles. The number of carbonyl (C=O) groups is 2. The molecule has 3 aromatic rings. The number of nitrogens with one attached hydrogen (secondary N) is 1. The zero-order valence-electron chi connectivity index (χ0n) is 17.6. The Balaban J connectivity index is 1.57. The number of halogens is 3. The summed E-state index contributed by atoms with van der Waals surface area (Å²) in [5.74, 6) is -0.364. The molecule has 2 atom stereocenters. The number of imide groups is 1. The molecule has 3 amide bonds. The summed E-state index contributed by atoms with van der Waals surface area (Å²) in [5.41, 5.74) is -0.239. The smallest absolute Gasteiger partial charge is 0.419 e. The monoisotopic (exact) mass is 477 g/mol. The Labute approximate surface area is 190 Å². The van der Waals surface area contributed by atoms with Crippen molar-refractivity contribution in [1.29, 1.82) is 0 Å². The molecule has 178 valence electrons. The summed E-state index contributed by atoms with van der Waals surface area (Å²) in [6, 6.07) is 2.65. The Bertz CT molecular complexity index is 1230. The van der Waals surface area contributed by atoms with Crippen molar-refractivity contribution in [1.82, 2.24) is 25.2 Å². The Morgan fingerprint density at radius 2 is 2.12 bits per heavy atom. The van der Waals surface area contributed by atoms with Gasteiger partial charge in [-0.15, -0.1) is 0 Å². The third-order valence-electron chi connectivity index (χ3n) is 5.18. The van der Waals surface area contributed by atoms with E-state index in [1.807, 2.05) is 0 Å². The van der Waals surface area contributed by atoms with Crippen LogP contribution in [0.1, 0.15) is 22.9 Å². The van der Waals surface area contributed by atoms with Crippen molar-refractivity contribution in [2.24, 2.45) is 0 Å². The first-order valence-electron chi connectivity index (χ1n) is 9.92. The van der Waals surface area contributed by atoms with Gasteiger partial charge in [-0.05, 0) is 18.2 Å². The molecule has 1 aliphatic heterocycles. The summed E-state index contributed by atoms with van der Waals surface area (Å²) in [6.07, 6.45) is -2.62. The van der Waals surface area contributed by atoms with Gasteiger partial charge in [-0.3, -0.25) is 9.97 Å². The molecule has 2 unspecified atom stereocenters. The fourth-order valence-corrected chi connectivity index (χ4v) is 3.57. The molecular weight excluding hydrogens is 459 g/mol. The molecule has 2 N–H and O–H groups in total. The molecule has 4 heterocycles. The highest BCUT2D eigenvalue weighted by Gasteiger charge is 2.47. The molecule has 0 saturated carbocycles. The number of fused-ring (bicyclic) bond motifs is 1. The minimum absolute atomic E-state index is 0.0532.